The van der Waals surface area contributed by atoms with Gasteiger partial charge in [0.05, 0.1) is 0 Å². The van der Waals surface area contributed by atoms with Crippen molar-refractivity contribution in [2.45, 2.75) is 81.1 Å². The zero-order valence-corrected chi connectivity index (χ0v) is 23.7. The molecule has 0 aliphatic carbocycles. The van der Waals surface area contributed by atoms with Gasteiger partial charge >= 0.3 is 0 Å². The summed E-state index contributed by atoms with van der Waals surface area (Å²) >= 11 is 0. The van der Waals surface area contributed by atoms with Gasteiger partial charge in [0.25, 0.3) is 0 Å². The summed E-state index contributed by atoms with van der Waals surface area (Å²) in [6.45, 7) is 29.7. The molecular weight excluding hydrogens is 424 g/mol. The number of hydrogen-bond donors (Lipinski definition) is 0. The Bertz CT molecular complexity index is 165. The van der Waals surface area contributed by atoms with Crippen molar-refractivity contribution < 1.29 is 31.2 Å². The third kappa shape index (κ3) is 72.4. The molecule has 0 aromatic heterocycles. The first-order valence-electron chi connectivity index (χ1n) is 12.1. The van der Waals surface area contributed by atoms with Gasteiger partial charge in [-0.3, -0.25) is 0 Å². The fourth-order valence-corrected chi connectivity index (χ4v) is 1.73. The van der Waals surface area contributed by atoms with Crippen LogP contribution in [0.5, 0.6) is 0 Å². The minimum atomic E-state index is 0. The van der Waals surface area contributed by atoms with Crippen molar-refractivity contribution in [1.29, 1.82) is 0 Å². The fourth-order valence-electron chi connectivity index (χ4n) is 1.73. The normalized spacial score (nSPS) is 13.2. The van der Waals surface area contributed by atoms with E-state index in [0.717, 1.165) is 78.4 Å². The second-order valence-electron chi connectivity index (χ2n) is 5.78. The monoisotopic (exact) mass is 478 g/mol. The van der Waals surface area contributed by atoms with Crippen molar-refractivity contribution in [3.63, 3.8) is 0 Å². The van der Waals surface area contributed by atoms with Crippen LogP contribution in [0.2, 0.25) is 0 Å². The third-order valence-electron chi connectivity index (χ3n) is 3.19. The molecule has 0 radical (unpaired) electrons. The second-order valence-corrected chi connectivity index (χ2v) is 5.78. The van der Waals surface area contributed by atoms with Crippen LogP contribution in [0.1, 0.15) is 81.1 Å². The van der Waals surface area contributed by atoms with Crippen LogP contribution in [-0.2, 0) is 31.2 Å². The van der Waals surface area contributed by atoms with Crippen LogP contribution in [0.15, 0.2) is 0 Å². The smallest absolute Gasteiger partial charge is 0.00878 e. The van der Waals surface area contributed by atoms with E-state index in [-0.39, 0.29) is 21.7 Å². The minimum Gasteiger partial charge on any atom is -0.663 e. The van der Waals surface area contributed by atoms with Gasteiger partial charge in [-0.15, -0.1) is 0 Å². The fraction of sp³-hybridized carbons (Fsp3) is 0.917. The quantitative estimate of drug-likeness (QED) is 0.267. The van der Waals surface area contributed by atoms with E-state index in [2.05, 4.69) is 21.3 Å². The third-order valence-corrected chi connectivity index (χ3v) is 3.19. The van der Waals surface area contributed by atoms with Gasteiger partial charge in [0.2, 0.25) is 0 Å². The molecule has 2 fully saturated rings. The van der Waals surface area contributed by atoms with Crippen LogP contribution in [0.4, 0.5) is 0 Å². The zero-order chi connectivity index (χ0) is 23.6. The average molecular weight is 479 g/mol. The molecule has 0 saturated carbocycles. The van der Waals surface area contributed by atoms with E-state index in [1.807, 2.05) is 68.6 Å². The summed E-state index contributed by atoms with van der Waals surface area (Å²) in [5, 5.41) is 15.9. The molecule has 0 aromatic carbocycles. The van der Waals surface area contributed by atoms with Gasteiger partial charge in [-0.1, -0.05) is 68.2 Å². The van der Waals surface area contributed by atoms with Gasteiger partial charge in [-0.25, -0.2) is 13.2 Å². The van der Waals surface area contributed by atoms with E-state index in [4.69, 9.17) is 9.47 Å². The van der Waals surface area contributed by atoms with E-state index in [1.54, 1.807) is 0 Å². The molecule has 2 aliphatic rings. The van der Waals surface area contributed by atoms with Crippen LogP contribution in [0.3, 0.4) is 0 Å². The van der Waals surface area contributed by atoms with Crippen LogP contribution in [0, 0.1) is 13.2 Å². The van der Waals surface area contributed by atoms with Gasteiger partial charge in [0.1, 0.15) is 0 Å². The molecular formula is C24H54N4O2Ti-6. The summed E-state index contributed by atoms with van der Waals surface area (Å²) in [6.07, 6.45) is 4.75. The zero-order valence-electron chi connectivity index (χ0n) is 22.2. The van der Waals surface area contributed by atoms with Gasteiger partial charge < -0.3 is 30.7 Å². The number of ether oxygens (including phenoxy) is 2. The van der Waals surface area contributed by atoms with Gasteiger partial charge in [0.15, 0.2) is 0 Å². The molecule has 0 atom stereocenters. The molecule has 2 aliphatic heterocycles. The maximum atomic E-state index is 4.82. The van der Waals surface area contributed by atoms with Crippen LogP contribution in [-0.4, -0.2) is 65.6 Å². The summed E-state index contributed by atoms with van der Waals surface area (Å²) in [6, 6.07) is 0. The Kier molecular flexibility index (Phi) is 70.5. The molecule has 0 amide bonds. The predicted molar refractivity (Wildman–Crippen MR) is 137 cm³/mol. The molecule has 2 heterocycles. The van der Waals surface area contributed by atoms with Gasteiger partial charge in [-0.05, 0) is 0 Å². The number of hydrogen-bond acceptors (Lipinski definition) is 2. The molecule has 0 unspecified atom stereocenters. The first-order chi connectivity index (χ1) is 14.7. The molecule has 31 heavy (non-hydrogen) atoms. The second kappa shape index (κ2) is 52.4. The summed E-state index contributed by atoms with van der Waals surface area (Å²) in [7, 11) is 0. The van der Waals surface area contributed by atoms with E-state index in [0.29, 0.717) is 0 Å². The Labute approximate surface area is 212 Å². The number of rotatable bonds is 8. The van der Waals surface area contributed by atoms with Crippen molar-refractivity contribution in [1.82, 2.24) is 0 Å². The SMILES string of the molecule is CC[N-]CC.CC[N-]CC.CC[N-]CC.CC[N-]CC.[CH-]1CCCO1.[CH-]1CCCO1.[Ti]. The molecule has 0 N–H and O–H groups in total. The average Bonchev–Trinajstić information content (AvgIpc) is 3.51. The standard InChI is InChI=1S/4C4H10N.2C4H7O.Ti/c4*1-3-5-4-2;2*1-2-4-5-3-1;/h4*3-4H2,1-2H3;2*3H,1-2,4H2;/q6*-1;. The van der Waals surface area contributed by atoms with Crippen molar-refractivity contribution in [2.24, 2.45) is 0 Å². The molecule has 192 valence electrons. The van der Waals surface area contributed by atoms with E-state index >= 15 is 0 Å². The van der Waals surface area contributed by atoms with Gasteiger partial charge in [0, 0.05) is 34.9 Å². The minimum absolute atomic E-state index is 0. The molecule has 2 rings (SSSR count). The van der Waals surface area contributed by atoms with Crippen LogP contribution >= 0.6 is 0 Å². The van der Waals surface area contributed by atoms with Crippen molar-refractivity contribution in [3.8, 4) is 0 Å². The Balaban J connectivity index is -0.0000000867. The number of nitrogens with zero attached hydrogens (tertiary/aromatic N) is 4. The van der Waals surface area contributed by atoms with Crippen molar-refractivity contribution >= 4 is 0 Å². The van der Waals surface area contributed by atoms with Crippen LogP contribution < -0.4 is 0 Å². The summed E-state index contributed by atoms with van der Waals surface area (Å²) in [5.74, 6) is 0. The molecule has 0 spiro atoms. The Morgan fingerprint density at radius 3 is 0.742 bits per heavy atom. The van der Waals surface area contributed by atoms with Gasteiger partial charge in [-0.2, -0.15) is 65.2 Å². The maximum absolute atomic E-state index is 4.82. The predicted octanol–water partition coefficient (Wildman–Crippen LogP) is 7.51. The summed E-state index contributed by atoms with van der Waals surface area (Å²) < 4.78 is 9.64. The van der Waals surface area contributed by atoms with E-state index in [9.17, 15) is 0 Å². The van der Waals surface area contributed by atoms with E-state index < -0.39 is 0 Å². The molecule has 6 nitrogen and oxygen atoms in total. The first kappa shape index (κ1) is 41.7. The Morgan fingerprint density at radius 1 is 0.484 bits per heavy atom. The molecule has 0 aromatic rings. The first-order valence-corrected chi connectivity index (χ1v) is 12.1. The van der Waals surface area contributed by atoms with Crippen molar-refractivity contribution in [2.75, 3.05) is 65.6 Å². The topological polar surface area (TPSA) is 74.9 Å². The molecule has 7 heteroatoms. The Hall–Kier alpha value is 0.474. The molecule has 0 bridgehead atoms. The molecule has 2 saturated heterocycles. The Morgan fingerprint density at radius 2 is 0.710 bits per heavy atom. The summed E-state index contributed by atoms with van der Waals surface area (Å²) in [4.78, 5) is 0. The van der Waals surface area contributed by atoms with Crippen molar-refractivity contribution in [3.05, 3.63) is 34.5 Å². The van der Waals surface area contributed by atoms with E-state index in [1.165, 1.54) is 12.8 Å². The maximum Gasteiger partial charge on any atom is 0.00878 e. The largest absolute Gasteiger partial charge is 0.663 e. The summed E-state index contributed by atoms with van der Waals surface area (Å²) in [5.41, 5.74) is 0. The van der Waals surface area contributed by atoms with Crippen LogP contribution in [0.25, 0.3) is 21.3 Å².